The fourth-order valence-electron chi connectivity index (χ4n) is 2.21. The molecule has 2 N–H and O–H groups in total. The van der Waals surface area contributed by atoms with Crippen LogP contribution in [0, 0.1) is 0 Å². The van der Waals surface area contributed by atoms with Crippen LogP contribution in [0.25, 0.3) is 0 Å². The summed E-state index contributed by atoms with van der Waals surface area (Å²) in [4.78, 5) is 12.8. The van der Waals surface area contributed by atoms with E-state index < -0.39 is 16.9 Å². The summed E-state index contributed by atoms with van der Waals surface area (Å²) >= 11 is 0. The number of nitrogens with zero attached hydrogens (tertiary/aromatic N) is 1. The molecule has 2 unspecified atom stereocenters. The van der Waals surface area contributed by atoms with Crippen LogP contribution in [0.2, 0.25) is 0 Å². The van der Waals surface area contributed by atoms with E-state index in [0.717, 1.165) is 17.2 Å². The molecule has 1 heterocycles. The van der Waals surface area contributed by atoms with E-state index in [1.807, 2.05) is 91.0 Å². The second-order valence-electron chi connectivity index (χ2n) is 5.36. The Hall–Kier alpha value is -1.77. The SMILES string of the molecule is c1ccc(ON2P(Oc3ccccc3)NPNP2Oc2ccccc2)cc1. The Morgan fingerprint density at radius 1 is 0.593 bits per heavy atom. The van der Waals surface area contributed by atoms with Gasteiger partial charge in [0.1, 0.15) is 17.2 Å². The van der Waals surface area contributed by atoms with E-state index in [2.05, 4.69) is 9.72 Å². The van der Waals surface area contributed by atoms with E-state index in [9.17, 15) is 0 Å². The molecule has 9 heteroatoms. The van der Waals surface area contributed by atoms with Gasteiger partial charge in [0.15, 0.2) is 0 Å². The van der Waals surface area contributed by atoms with Gasteiger partial charge in [-0.3, -0.25) is 0 Å². The van der Waals surface area contributed by atoms with Crippen molar-refractivity contribution in [1.82, 2.24) is 14.3 Å². The fourth-order valence-corrected chi connectivity index (χ4v) is 7.41. The first-order valence-corrected chi connectivity index (χ1v) is 11.7. The van der Waals surface area contributed by atoms with E-state index >= 15 is 0 Å². The second kappa shape index (κ2) is 9.43. The lowest BCUT2D eigenvalue weighted by atomic mass is 10.3. The van der Waals surface area contributed by atoms with Crippen LogP contribution >= 0.6 is 25.8 Å². The Bertz CT molecular complexity index is 781. The molecule has 0 aliphatic carbocycles. The topological polar surface area (TPSA) is 55.0 Å². The Morgan fingerprint density at radius 3 is 1.44 bits per heavy atom. The van der Waals surface area contributed by atoms with Crippen molar-refractivity contribution >= 4 is 25.8 Å². The van der Waals surface area contributed by atoms with Crippen molar-refractivity contribution in [2.45, 2.75) is 0 Å². The summed E-state index contributed by atoms with van der Waals surface area (Å²) in [6, 6.07) is 29.0. The summed E-state index contributed by atoms with van der Waals surface area (Å²) in [5.74, 6) is 2.28. The summed E-state index contributed by atoms with van der Waals surface area (Å²) in [5.41, 5.74) is 0. The first-order chi connectivity index (χ1) is 13.4. The van der Waals surface area contributed by atoms with Crippen LogP contribution in [-0.4, -0.2) is 4.60 Å². The summed E-state index contributed by atoms with van der Waals surface area (Å²) < 4.78 is 14.1. The van der Waals surface area contributed by atoms with Crippen molar-refractivity contribution in [2.24, 2.45) is 0 Å². The first-order valence-electron chi connectivity index (χ1n) is 8.24. The number of hydrogen-bond donors (Lipinski definition) is 2. The Balaban J connectivity index is 1.56. The molecular weight excluding hydrogens is 399 g/mol. The molecule has 0 saturated carbocycles. The van der Waals surface area contributed by atoms with Crippen LogP contribution in [0.4, 0.5) is 0 Å². The lowest BCUT2D eigenvalue weighted by molar-refractivity contribution is 0.118. The van der Waals surface area contributed by atoms with E-state index in [0.29, 0.717) is 8.88 Å². The third-order valence-corrected chi connectivity index (χ3v) is 8.37. The fraction of sp³-hybridized carbons (Fsp3) is 0. The molecule has 3 aromatic carbocycles. The highest BCUT2D eigenvalue weighted by molar-refractivity contribution is 7.75. The number of hydrogen-bond acceptors (Lipinski definition) is 6. The molecule has 1 aliphatic heterocycles. The standard InChI is InChI=1S/C18H18N3O3P3/c1-4-10-16(11-5-1)22-21-26(23-17-12-6-2-7-13-17)19-25-20-27(21)24-18-14-8-3-9-15-18/h1-15,19-20,25H. The Kier molecular flexibility index (Phi) is 6.49. The van der Waals surface area contributed by atoms with E-state index in [1.54, 1.807) is 4.60 Å². The average molecular weight is 417 g/mol. The number of benzene rings is 3. The van der Waals surface area contributed by atoms with Gasteiger partial charge in [0.25, 0.3) is 16.9 Å². The molecule has 3 aromatic rings. The maximum absolute atomic E-state index is 6.17. The predicted octanol–water partition coefficient (Wildman–Crippen LogP) is 5.60. The molecule has 1 fully saturated rings. The molecule has 0 bridgehead atoms. The zero-order chi connectivity index (χ0) is 18.3. The molecule has 6 nitrogen and oxygen atoms in total. The smallest absolute Gasteiger partial charge is 0.294 e. The maximum Gasteiger partial charge on any atom is 0.294 e. The molecule has 4 rings (SSSR count). The quantitative estimate of drug-likeness (QED) is 0.510. The minimum atomic E-state index is -1.26. The van der Waals surface area contributed by atoms with Crippen LogP contribution in [0.1, 0.15) is 0 Å². The van der Waals surface area contributed by atoms with Gasteiger partial charge in [-0.1, -0.05) is 54.6 Å². The number of nitrogens with one attached hydrogen (secondary N) is 2. The Labute approximate surface area is 162 Å². The van der Waals surface area contributed by atoms with Crippen LogP contribution in [0.3, 0.4) is 0 Å². The van der Waals surface area contributed by atoms with Gasteiger partial charge in [-0.2, -0.15) is 0 Å². The van der Waals surface area contributed by atoms with Gasteiger partial charge in [-0.25, -0.2) is 9.72 Å². The summed E-state index contributed by atoms with van der Waals surface area (Å²) in [6.07, 6.45) is 0. The molecule has 0 radical (unpaired) electrons. The van der Waals surface area contributed by atoms with Gasteiger partial charge in [0.05, 0.1) is 0 Å². The molecule has 27 heavy (non-hydrogen) atoms. The molecule has 1 aliphatic rings. The second-order valence-corrected chi connectivity index (χ2v) is 9.90. The molecule has 0 aromatic heterocycles. The van der Waals surface area contributed by atoms with E-state index in [-0.39, 0.29) is 0 Å². The van der Waals surface area contributed by atoms with Gasteiger partial charge < -0.3 is 13.9 Å². The highest BCUT2D eigenvalue weighted by atomic mass is 31.3. The average Bonchev–Trinajstić information content (AvgIpc) is 2.73. The molecule has 2 atom stereocenters. The third-order valence-electron chi connectivity index (χ3n) is 3.41. The van der Waals surface area contributed by atoms with Crippen molar-refractivity contribution < 1.29 is 13.9 Å². The van der Waals surface area contributed by atoms with Crippen LogP contribution in [0.15, 0.2) is 91.0 Å². The number of rotatable bonds is 6. The summed E-state index contributed by atoms with van der Waals surface area (Å²) in [6.45, 7) is 0. The predicted molar refractivity (Wildman–Crippen MR) is 111 cm³/mol. The van der Waals surface area contributed by atoms with Crippen molar-refractivity contribution in [3.63, 3.8) is 0 Å². The van der Waals surface area contributed by atoms with Crippen molar-refractivity contribution in [2.75, 3.05) is 0 Å². The van der Waals surface area contributed by atoms with Gasteiger partial charge in [-0.15, -0.1) is 0 Å². The molecule has 0 amide bonds. The number of para-hydroxylation sites is 3. The van der Waals surface area contributed by atoms with E-state index in [1.165, 1.54) is 0 Å². The lowest BCUT2D eigenvalue weighted by Crippen LogP contribution is -2.33. The molecule has 1 saturated heterocycles. The van der Waals surface area contributed by atoms with Crippen LogP contribution in [-0.2, 0) is 0 Å². The highest BCUT2D eigenvalue weighted by Crippen LogP contribution is 2.59. The van der Waals surface area contributed by atoms with Gasteiger partial charge in [0.2, 0.25) is 0 Å². The normalized spacial score (nSPS) is 20.9. The summed E-state index contributed by atoms with van der Waals surface area (Å²) in [7, 11) is -2.21. The van der Waals surface area contributed by atoms with Crippen molar-refractivity contribution in [3.05, 3.63) is 91.0 Å². The molecule has 138 valence electrons. The van der Waals surface area contributed by atoms with Crippen LogP contribution < -0.4 is 23.6 Å². The van der Waals surface area contributed by atoms with Crippen molar-refractivity contribution in [3.8, 4) is 17.2 Å². The zero-order valence-electron chi connectivity index (χ0n) is 14.2. The first kappa shape index (κ1) is 18.6. The maximum atomic E-state index is 6.17. The highest BCUT2D eigenvalue weighted by Gasteiger charge is 2.39. The molecular formula is C18H18N3O3P3. The Morgan fingerprint density at radius 2 is 1.00 bits per heavy atom. The van der Waals surface area contributed by atoms with E-state index in [4.69, 9.17) is 13.9 Å². The van der Waals surface area contributed by atoms with Gasteiger partial charge in [-0.05, 0) is 36.4 Å². The molecule has 0 spiro atoms. The monoisotopic (exact) mass is 417 g/mol. The minimum absolute atomic E-state index is 0.298. The largest absolute Gasteiger partial charge is 0.442 e. The lowest BCUT2D eigenvalue weighted by Gasteiger charge is -2.37. The van der Waals surface area contributed by atoms with Gasteiger partial charge >= 0.3 is 0 Å². The van der Waals surface area contributed by atoms with Gasteiger partial charge in [0, 0.05) is 13.5 Å². The van der Waals surface area contributed by atoms with Crippen molar-refractivity contribution in [1.29, 1.82) is 0 Å². The minimum Gasteiger partial charge on any atom is -0.442 e. The summed E-state index contributed by atoms with van der Waals surface area (Å²) in [5, 5.41) is 0. The third kappa shape index (κ3) is 5.15. The van der Waals surface area contributed by atoms with Crippen LogP contribution in [0.5, 0.6) is 17.2 Å². The zero-order valence-corrected chi connectivity index (χ0v) is 17.0.